The first-order valence-corrected chi connectivity index (χ1v) is 7.70. The predicted molar refractivity (Wildman–Crippen MR) is 81.3 cm³/mol. The van der Waals surface area contributed by atoms with Crippen molar-refractivity contribution >= 4 is 11.6 Å². The van der Waals surface area contributed by atoms with E-state index in [0.717, 1.165) is 25.7 Å². The summed E-state index contributed by atoms with van der Waals surface area (Å²) in [4.78, 5) is 13.9. The van der Waals surface area contributed by atoms with Gasteiger partial charge in [-0.05, 0) is 37.1 Å². The van der Waals surface area contributed by atoms with E-state index in [-0.39, 0.29) is 18.2 Å². The molecule has 0 atom stereocenters. The lowest BCUT2D eigenvalue weighted by molar-refractivity contribution is -0.274. The van der Waals surface area contributed by atoms with Crippen molar-refractivity contribution < 1.29 is 22.7 Å². The van der Waals surface area contributed by atoms with Crippen molar-refractivity contribution in [2.24, 2.45) is 0 Å². The van der Waals surface area contributed by atoms with Crippen molar-refractivity contribution in [1.82, 2.24) is 4.90 Å². The largest absolute Gasteiger partial charge is 0.573 e. The van der Waals surface area contributed by atoms with Gasteiger partial charge in [0.05, 0.1) is 6.54 Å². The number of nitrogens with zero attached hydrogens (tertiary/aromatic N) is 1. The lowest BCUT2D eigenvalue weighted by Crippen LogP contribution is -2.41. The molecule has 0 bridgehead atoms. The topological polar surface area (TPSA) is 41.6 Å². The number of hydrogen-bond acceptors (Lipinski definition) is 3. The molecule has 1 fully saturated rings. The maximum atomic E-state index is 12.2. The zero-order valence-electron chi connectivity index (χ0n) is 13.0. The Kier molecular flexibility index (Phi) is 5.74. The van der Waals surface area contributed by atoms with Crippen molar-refractivity contribution in [1.29, 1.82) is 0 Å². The minimum atomic E-state index is -4.70. The SMILES string of the molecule is CN(C(=O)CNc1ccc(OC(F)(F)F)cc1)C1CCCCC1. The molecule has 1 N–H and O–H groups in total. The highest BCUT2D eigenvalue weighted by Gasteiger charge is 2.31. The van der Waals surface area contributed by atoms with Gasteiger partial charge in [-0.2, -0.15) is 0 Å². The highest BCUT2D eigenvalue weighted by molar-refractivity contribution is 5.81. The second kappa shape index (κ2) is 7.57. The van der Waals surface area contributed by atoms with Gasteiger partial charge in [0.25, 0.3) is 0 Å². The third-order valence-electron chi connectivity index (χ3n) is 4.05. The molecule has 1 amide bonds. The van der Waals surface area contributed by atoms with Crippen molar-refractivity contribution in [3.8, 4) is 5.75 Å². The van der Waals surface area contributed by atoms with E-state index in [1.165, 1.54) is 30.7 Å². The number of halogens is 3. The van der Waals surface area contributed by atoms with Crippen LogP contribution in [0.15, 0.2) is 24.3 Å². The number of amides is 1. The average Bonchev–Trinajstić information content (AvgIpc) is 2.52. The molecule has 0 heterocycles. The quantitative estimate of drug-likeness (QED) is 0.893. The van der Waals surface area contributed by atoms with E-state index in [0.29, 0.717) is 11.7 Å². The number of hydrogen-bond donors (Lipinski definition) is 1. The zero-order valence-corrected chi connectivity index (χ0v) is 13.0. The Morgan fingerprint density at radius 1 is 1.22 bits per heavy atom. The summed E-state index contributed by atoms with van der Waals surface area (Å²) in [7, 11) is 1.81. The molecule has 1 saturated carbocycles. The maximum absolute atomic E-state index is 12.2. The van der Waals surface area contributed by atoms with E-state index < -0.39 is 6.36 Å². The number of benzene rings is 1. The molecule has 7 heteroatoms. The summed E-state index contributed by atoms with van der Waals surface area (Å²) >= 11 is 0. The van der Waals surface area contributed by atoms with Crippen LogP contribution in [0.25, 0.3) is 0 Å². The molecule has 128 valence electrons. The molecule has 1 aromatic rings. The molecule has 0 unspecified atom stereocenters. The molecule has 1 aromatic carbocycles. The van der Waals surface area contributed by atoms with Crippen LogP contribution in [0.3, 0.4) is 0 Å². The van der Waals surface area contributed by atoms with Gasteiger partial charge in [0.2, 0.25) is 5.91 Å². The summed E-state index contributed by atoms with van der Waals surface area (Å²) in [5, 5.41) is 2.93. The summed E-state index contributed by atoms with van der Waals surface area (Å²) < 4.78 is 40.0. The maximum Gasteiger partial charge on any atom is 0.573 e. The van der Waals surface area contributed by atoms with Gasteiger partial charge < -0.3 is 15.0 Å². The van der Waals surface area contributed by atoms with Gasteiger partial charge in [-0.15, -0.1) is 13.2 Å². The molecule has 1 aliphatic carbocycles. The minimum absolute atomic E-state index is 0.0208. The van der Waals surface area contributed by atoms with Crippen LogP contribution in [0, 0.1) is 0 Å². The van der Waals surface area contributed by atoms with Gasteiger partial charge >= 0.3 is 6.36 Å². The van der Waals surface area contributed by atoms with Crippen molar-refractivity contribution in [3.05, 3.63) is 24.3 Å². The molecule has 0 saturated heterocycles. The number of nitrogens with one attached hydrogen (secondary N) is 1. The monoisotopic (exact) mass is 330 g/mol. The summed E-state index contributed by atoms with van der Waals surface area (Å²) in [6.45, 7) is 0.118. The van der Waals surface area contributed by atoms with E-state index in [1.807, 2.05) is 0 Å². The van der Waals surface area contributed by atoms with Crippen LogP contribution in [-0.4, -0.2) is 36.8 Å². The molecular formula is C16H21F3N2O2. The number of rotatable bonds is 5. The van der Waals surface area contributed by atoms with E-state index >= 15 is 0 Å². The van der Waals surface area contributed by atoms with Crippen molar-refractivity contribution in [2.75, 3.05) is 18.9 Å². The highest BCUT2D eigenvalue weighted by atomic mass is 19.4. The number of likely N-dealkylation sites (N-methyl/N-ethyl adjacent to an activating group) is 1. The highest BCUT2D eigenvalue weighted by Crippen LogP contribution is 2.24. The van der Waals surface area contributed by atoms with Crippen LogP contribution in [0.1, 0.15) is 32.1 Å². The van der Waals surface area contributed by atoms with Crippen molar-refractivity contribution in [2.45, 2.75) is 44.5 Å². The van der Waals surface area contributed by atoms with Crippen LogP contribution in [0.2, 0.25) is 0 Å². The average molecular weight is 330 g/mol. The third kappa shape index (κ3) is 5.65. The smallest absolute Gasteiger partial charge is 0.406 e. The van der Waals surface area contributed by atoms with Gasteiger partial charge in [-0.25, -0.2) is 0 Å². The molecule has 0 spiro atoms. The fourth-order valence-corrected chi connectivity index (χ4v) is 2.75. The van der Waals surface area contributed by atoms with Crippen LogP contribution < -0.4 is 10.1 Å². The number of anilines is 1. The molecule has 0 radical (unpaired) electrons. The molecular weight excluding hydrogens is 309 g/mol. The Balaban J connectivity index is 1.81. The van der Waals surface area contributed by atoms with Gasteiger partial charge in [0.1, 0.15) is 5.75 Å². The van der Waals surface area contributed by atoms with E-state index in [1.54, 1.807) is 11.9 Å². The standard InChI is InChI=1S/C16H21F3N2O2/c1-21(13-5-3-2-4-6-13)15(22)11-20-12-7-9-14(10-8-12)23-16(17,18)19/h7-10,13,20H,2-6,11H2,1H3. The van der Waals surface area contributed by atoms with Crippen LogP contribution >= 0.6 is 0 Å². The Bertz CT molecular complexity index is 511. The predicted octanol–water partition coefficient (Wildman–Crippen LogP) is 3.79. The molecule has 1 aliphatic rings. The Hall–Kier alpha value is -1.92. The van der Waals surface area contributed by atoms with E-state index in [9.17, 15) is 18.0 Å². The number of carbonyl (C=O) groups excluding carboxylic acids is 1. The fourth-order valence-electron chi connectivity index (χ4n) is 2.75. The fraction of sp³-hybridized carbons (Fsp3) is 0.562. The first kappa shape index (κ1) is 17.4. The van der Waals surface area contributed by atoms with Gasteiger partial charge in [-0.1, -0.05) is 19.3 Å². The second-order valence-electron chi connectivity index (χ2n) is 5.72. The van der Waals surface area contributed by atoms with Gasteiger partial charge in [0.15, 0.2) is 0 Å². The number of ether oxygens (including phenoxy) is 1. The third-order valence-corrected chi connectivity index (χ3v) is 4.05. The van der Waals surface area contributed by atoms with Crippen LogP contribution in [-0.2, 0) is 4.79 Å². The normalized spacial score (nSPS) is 16.0. The lowest BCUT2D eigenvalue weighted by atomic mass is 9.94. The molecule has 0 aliphatic heterocycles. The summed E-state index contributed by atoms with van der Waals surface area (Å²) in [5.41, 5.74) is 0.574. The number of alkyl halides is 3. The second-order valence-corrected chi connectivity index (χ2v) is 5.72. The van der Waals surface area contributed by atoms with Gasteiger partial charge in [-0.3, -0.25) is 4.79 Å². The summed E-state index contributed by atoms with van der Waals surface area (Å²) in [6.07, 6.45) is 0.890. The van der Waals surface area contributed by atoms with Gasteiger partial charge in [0, 0.05) is 18.8 Å². The summed E-state index contributed by atoms with van der Waals surface area (Å²) in [5.74, 6) is -0.304. The Labute approximate surface area is 133 Å². The Morgan fingerprint density at radius 3 is 2.39 bits per heavy atom. The molecule has 23 heavy (non-hydrogen) atoms. The van der Waals surface area contributed by atoms with E-state index in [2.05, 4.69) is 10.1 Å². The summed E-state index contributed by atoms with van der Waals surface area (Å²) in [6, 6.07) is 5.63. The first-order valence-electron chi connectivity index (χ1n) is 7.70. The number of carbonyl (C=O) groups is 1. The molecule has 4 nitrogen and oxygen atoms in total. The first-order chi connectivity index (χ1) is 10.8. The van der Waals surface area contributed by atoms with Crippen LogP contribution in [0.5, 0.6) is 5.75 Å². The van der Waals surface area contributed by atoms with Crippen LogP contribution in [0.4, 0.5) is 18.9 Å². The molecule has 2 rings (SSSR count). The van der Waals surface area contributed by atoms with Crippen molar-refractivity contribution in [3.63, 3.8) is 0 Å². The van der Waals surface area contributed by atoms with E-state index in [4.69, 9.17) is 0 Å². The minimum Gasteiger partial charge on any atom is -0.406 e. The lowest BCUT2D eigenvalue weighted by Gasteiger charge is -2.31. The Morgan fingerprint density at radius 2 is 1.83 bits per heavy atom. The zero-order chi connectivity index (χ0) is 16.9. The molecule has 0 aromatic heterocycles.